The number of benzene rings is 1. The number of ether oxygens (including phenoxy) is 2. The van der Waals surface area contributed by atoms with Crippen molar-refractivity contribution in [2.75, 3.05) is 24.9 Å². The molecule has 2 heterocycles. The minimum absolute atomic E-state index is 0.263. The molecular formula is C20H19ClN4O3. The number of anilines is 2. The number of halogens is 1. The minimum Gasteiger partial charge on any atom is -0.495 e. The molecule has 1 amide bonds. The molecule has 0 aliphatic rings. The van der Waals surface area contributed by atoms with Crippen LogP contribution in [0.5, 0.6) is 11.5 Å². The van der Waals surface area contributed by atoms with Crippen molar-refractivity contribution in [1.82, 2.24) is 9.97 Å². The molecule has 7 nitrogen and oxygen atoms in total. The van der Waals surface area contributed by atoms with Crippen LogP contribution in [0.4, 0.5) is 11.4 Å². The van der Waals surface area contributed by atoms with Crippen LogP contribution in [0.2, 0.25) is 5.02 Å². The highest BCUT2D eigenvalue weighted by Crippen LogP contribution is 2.36. The minimum atomic E-state index is -0.376. The molecule has 0 bridgehead atoms. The summed E-state index contributed by atoms with van der Waals surface area (Å²) in [6, 6.07) is 12.3. The van der Waals surface area contributed by atoms with Crippen LogP contribution in [0.3, 0.4) is 0 Å². The van der Waals surface area contributed by atoms with Gasteiger partial charge in [0.2, 0.25) is 0 Å². The number of hydrogen-bond acceptors (Lipinski definition) is 6. The lowest BCUT2D eigenvalue weighted by atomic mass is 10.2. The first kappa shape index (κ1) is 19.4. The Balaban J connectivity index is 1.68. The third-order valence-electron chi connectivity index (χ3n) is 3.92. The second-order valence-corrected chi connectivity index (χ2v) is 6.16. The van der Waals surface area contributed by atoms with E-state index in [2.05, 4.69) is 20.6 Å². The first-order valence-electron chi connectivity index (χ1n) is 8.43. The van der Waals surface area contributed by atoms with Crippen molar-refractivity contribution in [2.45, 2.75) is 6.54 Å². The van der Waals surface area contributed by atoms with E-state index in [0.29, 0.717) is 28.8 Å². The number of carbonyl (C=O) groups excluding carboxylic acids is 1. The zero-order chi connectivity index (χ0) is 19.9. The molecule has 144 valence electrons. The van der Waals surface area contributed by atoms with Gasteiger partial charge in [0.25, 0.3) is 5.91 Å². The molecule has 28 heavy (non-hydrogen) atoms. The van der Waals surface area contributed by atoms with Gasteiger partial charge in [-0.3, -0.25) is 9.78 Å². The van der Waals surface area contributed by atoms with E-state index in [1.807, 2.05) is 18.2 Å². The van der Waals surface area contributed by atoms with Crippen LogP contribution < -0.4 is 20.1 Å². The molecule has 2 N–H and O–H groups in total. The molecule has 0 saturated carbocycles. The zero-order valence-corrected chi connectivity index (χ0v) is 16.2. The highest BCUT2D eigenvalue weighted by Gasteiger charge is 2.14. The number of nitrogens with zero attached hydrogens (tertiary/aromatic N) is 2. The van der Waals surface area contributed by atoms with Crippen molar-refractivity contribution >= 4 is 28.9 Å². The average Bonchev–Trinajstić information content (AvgIpc) is 2.74. The van der Waals surface area contributed by atoms with Crippen LogP contribution in [-0.2, 0) is 6.54 Å². The van der Waals surface area contributed by atoms with Gasteiger partial charge in [0.05, 0.1) is 49.1 Å². The van der Waals surface area contributed by atoms with Gasteiger partial charge in [-0.1, -0.05) is 17.7 Å². The highest BCUT2D eigenvalue weighted by molar-refractivity contribution is 6.32. The van der Waals surface area contributed by atoms with E-state index in [-0.39, 0.29) is 11.6 Å². The van der Waals surface area contributed by atoms with Gasteiger partial charge >= 0.3 is 0 Å². The average molecular weight is 399 g/mol. The second kappa shape index (κ2) is 9.05. The van der Waals surface area contributed by atoms with E-state index in [9.17, 15) is 4.79 Å². The Bertz CT molecular complexity index is 950. The molecule has 0 aliphatic heterocycles. The van der Waals surface area contributed by atoms with Crippen LogP contribution in [0, 0.1) is 0 Å². The van der Waals surface area contributed by atoms with E-state index in [4.69, 9.17) is 21.1 Å². The lowest BCUT2D eigenvalue weighted by Crippen LogP contribution is -2.14. The van der Waals surface area contributed by atoms with Gasteiger partial charge in [0.1, 0.15) is 17.2 Å². The van der Waals surface area contributed by atoms with Crippen LogP contribution in [0.25, 0.3) is 0 Å². The summed E-state index contributed by atoms with van der Waals surface area (Å²) in [5.41, 5.74) is 2.40. The van der Waals surface area contributed by atoms with Gasteiger partial charge in [-0.2, -0.15) is 0 Å². The molecule has 0 spiro atoms. The first-order chi connectivity index (χ1) is 13.6. The summed E-state index contributed by atoms with van der Waals surface area (Å²) in [7, 11) is 2.99. The smallest absolute Gasteiger partial charge is 0.274 e. The monoisotopic (exact) mass is 398 g/mol. The lowest BCUT2D eigenvalue weighted by molar-refractivity contribution is 0.102. The standard InChI is InChI=1S/C20H19ClN4O3/c1-27-18-10-17(19(28-2)9-15(18)21)25-20(26)16-7-6-14(12-24-16)23-11-13-5-3-4-8-22-13/h3-10,12,23H,11H2,1-2H3,(H,25,26). The maximum Gasteiger partial charge on any atom is 0.274 e. The van der Waals surface area contributed by atoms with Crippen molar-refractivity contribution in [3.8, 4) is 11.5 Å². The van der Waals surface area contributed by atoms with E-state index < -0.39 is 0 Å². The maximum absolute atomic E-state index is 12.5. The summed E-state index contributed by atoms with van der Waals surface area (Å²) in [5.74, 6) is 0.478. The SMILES string of the molecule is COc1cc(NC(=O)c2ccc(NCc3ccccn3)cn2)c(OC)cc1Cl. The summed E-state index contributed by atoms with van der Waals surface area (Å²) in [6.45, 7) is 0.565. The van der Waals surface area contributed by atoms with Gasteiger partial charge in [-0.05, 0) is 24.3 Å². The lowest BCUT2D eigenvalue weighted by Gasteiger charge is -2.13. The van der Waals surface area contributed by atoms with Crippen LogP contribution >= 0.6 is 11.6 Å². The third kappa shape index (κ3) is 4.69. The maximum atomic E-state index is 12.5. The number of nitrogens with one attached hydrogen (secondary N) is 2. The molecule has 0 radical (unpaired) electrons. The van der Waals surface area contributed by atoms with Crippen molar-refractivity contribution in [2.24, 2.45) is 0 Å². The fourth-order valence-electron chi connectivity index (χ4n) is 2.47. The molecule has 0 unspecified atom stereocenters. The Hall–Kier alpha value is -3.32. The fourth-order valence-corrected chi connectivity index (χ4v) is 2.70. The Morgan fingerprint density at radius 3 is 2.54 bits per heavy atom. The Kier molecular flexibility index (Phi) is 6.29. The summed E-state index contributed by atoms with van der Waals surface area (Å²) in [4.78, 5) is 21.0. The van der Waals surface area contributed by atoms with Crippen molar-refractivity contribution < 1.29 is 14.3 Å². The number of amides is 1. The Labute approximate surface area is 167 Å². The molecule has 1 aromatic carbocycles. The number of carbonyl (C=O) groups is 1. The molecule has 0 fully saturated rings. The summed E-state index contributed by atoms with van der Waals surface area (Å²) < 4.78 is 10.4. The van der Waals surface area contributed by atoms with Crippen LogP contribution in [0.1, 0.15) is 16.2 Å². The predicted octanol–water partition coefficient (Wildman–Crippen LogP) is 4.01. The fraction of sp³-hybridized carbons (Fsp3) is 0.150. The topological polar surface area (TPSA) is 85.4 Å². The number of aromatic nitrogens is 2. The molecule has 2 aromatic heterocycles. The Morgan fingerprint density at radius 1 is 1.07 bits per heavy atom. The summed E-state index contributed by atoms with van der Waals surface area (Å²) >= 11 is 6.08. The second-order valence-electron chi connectivity index (χ2n) is 5.75. The van der Waals surface area contributed by atoms with Gasteiger partial charge in [-0.25, -0.2) is 4.98 Å². The summed E-state index contributed by atoms with van der Waals surface area (Å²) in [5, 5.41) is 6.36. The first-order valence-corrected chi connectivity index (χ1v) is 8.81. The molecule has 0 saturated heterocycles. The molecule has 3 aromatic rings. The number of pyridine rings is 2. The van der Waals surface area contributed by atoms with Crippen molar-refractivity contribution in [3.63, 3.8) is 0 Å². The van der Waals surface area contributed by atoms with Gasteiger partial charge in [-0.15, -0.1) is 0 Å². The largest absolute Gasteiger partial charge is 0.495 e. The highest BCUT2D eigenvalue weighted by atomic mass is 35.5. The van der Waals surface area contributed by atoms with Gasteiger partial charge < -0.3 is 20.1 Å². The number of rotatable bonds is 7. The molecule has 3 rings (SSSR count). The quantitative estimate of drug-likeness (QED) is 0.625. The van der Waals surface area contributed by atoms with Gasteiger partial charge in [0.15, 0.2) is 0 Å². The normalized spacial score (nSPS) is 10.2. The molecular weight excluding hydrogens is 380 g/mol. The predicted molar refractivity (Wildman–Crippen MR) is 108 cm³/mol. The third-order valence-corrected chi connectivity index (χ3v) is 4.21. The Morgan fingerprint density at radius 2 is 1.89 bits per heavy atom. The molecule has 0 atom stereocenters. The number of methoxy groups -OCH3 is 2. The van der Waals surface area contributed by atoms with Crippen LogP contribution in [0.15, 0.2) is 54.9 Å². The summed E-state index contributed by atoms with van der Waals surface area (Å²) in [6.07, 6.45) is 3.33. The van der Waals surface area contributed by atoms with Crippen LogP contribution in [-0.4, -0.2) is 30.1 Å². The van der Waals surface area contributed by atoms with E-state index >= 15 is 0 Å². The molecule has 0 aliphatic carbocycles. The zero-order valence-electron chi connectivity index (χ0n) is 15.4. The molecule has 8 heteroatoms. The van der Waals surface area contributed by atoms with Crippen molar-refractivity contribution in [3.05, 3.63) is 71.3 Å². The number of hydrogen-bond donors (Lipinski definition) is 2. The van der Waals surface area contributed by atoms with E-state index in [0.717, 1.165) is 11.4 Å². The van der Waals surface area contributed by atoms with E-state index in [1.54, 1.807) is 36.7 Å². The van der Waals surface area contributed by atoms with Crippen molar-refractivity contribution in [1.29, 1.82) is 0 Å². The van der Waals surface area contributed by atoms with E-state index in [1.165, 1.54) is 14.2 Å². The van der Waals surface area contributed by atoms with Gasteiger partial charge in [0, 0.05) is 18.3 Å².